The van der Waals surface area contributed by atoms with E-state index in [4.69, 9.17) is 14.5 Å². The first-order valence-corrected chi connectivity index (χ1v) is 12.3. The van der Waals surface area contributed by atoms with E-state index in [1.54, 1.807) is 0 Å². The van der Waals surface area contributed by atoms with Crippen LogP contribution in [0.15, 0.2) is 30.3 Å². The quantitative estimate of drug-likeness (QED) is 0.512. The summed E-state index contributed by atoms with van der Waals surface area (Å²) in [5, 5.41) is 0.721. The lowest BCUT2D eigenvalue weighted by molar-refractivity contribution is 0.0983. The van der Waals surface area contributed by atoms with Crippen molar-refractivity contribution in [3.05, 3.63) is 47.0 Å². The van der Waals surface area contributed by atoms with Gasteiger partial charge < -0.3 is 14.4 Å². The maximum absolute atomic E-state index is 13.7. The van der Waals surface area contributed by atoms with Crippen LogP contribution in [-0.2, 0) is 12.8 Å². The van der Waals surface area contributed by atoms with Crippen molar-refractivity contribution >= 4 is 32.6 Å². The predicted molar refractivity (Wildman–Crippen MR) is 128 cm³/mol. The number of hydrogen-bond acceptors (Lipinski definition) is 6. The molecular weight excluding hydrogens is 422 g/mol. The fourth-order valence-electron chi connectivity index (χ4n) is 4.51. The lowest BCUT2D eigenvalue weighted by Crippen LogP contribution is -2.39. The highest BCUT2D eigenvalue weighted by atomic mass is 32.1. The van der Waals surface area contributed by atoms with E-state index in [-0.39, 0.29) is 12.7 Å². The number of ether oxygens (including phenoxy) is 2. The average Bonchev–Trinajstić information content (AvgIpc) is 3.45. The normalized spacial score (nSPS) is 14.7. The number of carbonyl (C=O) groups excluding carboxylic acids is 1. The summed E-state index contributed by atoms with van der Waals surface area (Å²) in [5.41, 5.74) is 4.29. The van der Waals surface area contributed by atoms with Crippen molar-refractivity contribution in [2.75, 3.05) is 37.9 Å². The molecule has 7 heteroatoms. The molecule has 0 saturated carbocycles. The van der Waals surface area contributed by atoms with Gasteiger partial charge in [0.1, 0.15) is 0 Å². The van der Waals surface area contributed by atoms with Crippen molar-refractivity contribution in [1.82, 2.24) is 9.88 Å². The van der Waals surface area contributed by atoms with E-state index in [0.717, 1.165) is 59.1 Å². The van der Waals surface area contributed by atoms with Gasteiger partial charge in [-0.15, -0.1) is 0 Å². The molecule has 0 N–H and O–H groups in total. The standard InChI is InChI=1S/C25H29N3O3S/c1-3-27(4-2)11-12-28(24(29)19-10-9-17-7-5-6-8-18(17)13-19)25-26-20-14-21-22(31-16-30-21)15-23(20)32-25/h9-10,13-15H,3-8,11-12,16H2,1-2H3. The van der Waals surface area contributed by atoms with Crippen molar-refractivity contribution < 1.29 is 14.3 Å². The van der Waals surface area contributed by atoms with E-state index in [1.807, 2.05) is 23.1 Å². The van der Waals surface area contributed by atoms with Gasteiger partial charge >= 0.3 is 0 Å². The molecule has 1 aliphatic heterocycles. The zero-order valence-electron chi connectivity index (χ0n) is 18.7. The summed E-state index contributed by atoms with van der Waals surface area (Å²) in [6.45, 7) is 7.87. The van der Waals surface area contributed by atoms with Gasteiger partial charge in [-0.1, -0.05) is 31.3 Å². The minimum Gasteiger partial charge on any atom is -0.454 e. The van der Waals surface area contributed by atoms with E-state index in [1.165, 1.54) is 35.3 Å². The molecule has 1 amide bonds. The molecule has 5 rings (SSSR count). The Morgan fingerprint density at radius 3 is 2.53 bits per heavy atom. The highest BCUT2D eigenvalue weighted by Gasteiger charge is 2.24. The number of aromatic nitrogens is 1. The Bertz CT molecular complexity index is 1100. The van der Waals surface area contributed by atoms with Crippen LogP contribution in [0.1, 0.15) is 48.2 Å². The lowest BCUT2D eigenvalue weighted by Gasteiger charge is -2.25. The van der Waals surface area contributed by atoms with Crippen molar-refractivity contribution in [2.45, 2.75) is 39.5 Å². The van der Waals surface area contributed by atoms with Crippen LogP contribution < -0.4 is 14.4 Å². The molecule has 2 heterocycles. The van der Waals surface area contributed by atoms with Gasteiger partial charge in [-0.3, -0.25) is 9.69 Å². The van der Waals surface area contributed by atoms with Crippen LogP contribution in [0.3, 0.4) is 0 Å². The molecule has 6 nitrogen and oxygen atoms in total. The van der Waals surface area contributed by atoms with E-state index in [9.17, 15) is 4.79 Å². The van der Waals surface area contributed by atoms with Crippen LogP contribution in [0.5, 0.6) is 11.5 Å². The van der Waals surface area contributed by atoms with Crippen molar-refractivity contribution in [3.63, 3.8) is 0 Å². The zero-order valence-corrected chi connectivity index (χ0v) is 19.5. The smallest absolute Gasteiger partial charge is 0.260 e. The Morgan fingerprint density at radius 2 is 1.75 bits per heavy atom. The number of hydrogen-bond donors (Lipinski definition) is 0. The first kappa shape index (κ1) is 21.2. The number of thiazole rings is 1. The molecule has 0 spiro atoms. The van der Waals surface area contributed by atoms with Crippen LogP contribution in [0.4, 0.5) is 5.13 Å². The molecule has 1 aliphatic carbocycles. The Labute approximate surface area is 192 Å². The second-order valence-electron chi connectivity index (χ2n) is 8.34. The van der Waals surface area contributed by atoms with Crippen LogP contribution in [0.25, 0.3) is 10.2 Å². The molecule has 2 aliphatic rings. The van der Waals surface area contributed by atoms with Gasteiger partial charge in [0.25, 0.3) is 5.91 Å². The molecule has 168 valence electrons. The second kappa shape index (κ2) is 9.08. The Balaban J connectivity index is 1.48. The summed E-state index contributed by atoms with van der Waals surface area (Å²) in [4.78, 5) is 22.7. The number of amides is 1. The lowest BCUT2D eigenvalue weighted by atomic mass is 9.90. The van der Waals surface area contributed by atoms with E-state index in [2.05, 4.69) is 30.9 Å². The summed E-state index contributed by atoms with van der Waals surface area (Å²) in [6.07, 6.45) is 4.60. The monoisotopic (exact) mass is 451 g/mol. The molecule has 0 saturated heterocycles. The largest absolute Gasteiger partial charge is 0.454 e. The minimum atomic E-state index is 0.0182. The first-order chi connectivity index (χ1) is 15.7. The number of fused-ring (bicyclic) bond motifs is 3. The fraction of sp³-hybridized carbons (Fsp3) is 0.440. The highest BCUT2D eigenvalue weighted by molar-refractivity contribution is 7.22. The van der Waals surface area contributed by atoms with Gasteiger partial charge in [0, 0.05) is 30.8 Å². The van der Waals surface area contributed by atoms with Gasteiger partial charge in [-0.05, 0) is 62.0 Å². The van der Waals surface area contributed by atoms with Gasteiger partial charge in [0.05, 0.1) is 10.2 Å². The first-order valence-electron chi connectivity index (χ1n) is 11.5. The molecular formula is C25H29N3O3S. The molecule has 32 heavy (non-hydrogen) atoms. The fourth-order valence-corrected chi connectivity index (χ4v) is 5.51. The Morgan fingerprint density at radius 1 is 1.00 bits per heavy atom. The number of anilines is 1. The van der Waals surface area contributed by atoms with Crippen molar-refractivity contribution in [2.24, 2.45) is 0 Å². The van der Waals surface area contributed by atoms with E-state index < -0.39 is 0 Å². The van der Waals surface area contributed by atoms with E-state index >= 15 is 0 Å². The average molecular weight is 452 g/mol. The molecule has 2 aromatic carbocycles. The van der Waals surface area contributed by atoms with Crippen molar-refractivity contribution in [3.8, 4) is 11.5 Å². The van der Waals surface area contributed by atoms with Crippen LogP contribution in [-0.4, -0.2) is 48.8 Å². The number of aryl methyl sites for hydroxylation is 2. The summed E-state index contributed by atoms with van der Waals surface area (Å²) in [5.74, 6) is 1.47. The maximum Gasteiger partial charge on any atom is 0.260 e. The third kappa shape index (κ3) is 4.07. The molecule has 3 aromatic rings. The molecule has 0 atom stereocenters. The molecule has 0 fully saturated rings. The van der Waals surface area contributed by atoms with Crippen LogP contribution >= 0.6 is 11.3 Å². The predicted octanol–water partition coefficient (Wildman–Crippen LogP) is 4.89. The van der Waals surface area contributed by atoms with Crippen LogP contribution in [0.2, 0.25) is 0 Å². The minimum absolute atomic E-state index is 0.0182. The van der Waals surface area contributed by atoms with Gasteiger partial charge in [-0.25, -0.2) is 4.98 Å². The van der Waals surface area contributed by atoms with E-state index in [0.29, 0.717) is 12.3 Å². The highest BCUT2D eigenvalue weighted by Crippen LogP contribution is 2.40. The topological polar surface area (TPSA) is 54.9 Å². The number of rotatable bonds is 7. The summed E-state index contributed by atoms with van der Waals surface area (Å²) < 4.78 is 12.0. The number of benzene rings is 2. The van der Waals surface area contributed by atoms with Gasteiger partial charge in [-0.2, -0.15) is 0 Å². The molecule has 1 aromatic heterocycles. The summed E-state index contributed by atoms with van der Waals surface area (Å²) in [7, 11) is 0. The number of carbonyl (C=O) groups is 1. The third-order valence-corrected chi connectivity index (χ3v) is 7.52. The second-order valence-corrected chi connectivity index (χ2v) is 9.35. The SMILES string of the molecule is CCN(CC)CCN(C(=O)c1ccc2c(c1)CCCC2)c1nc2cc3c(cc2s1)OCO3. The van der Waals surface area contributed by atoms with Crippen molar-refractivity contribution in [1.29, 1.82) is 0 Å². The molecule has 0 radical (unpaired) electrons. The molecule has 0 bridgehead atoms. The maximum atomic E-state index is 13.7. The Hall–Kier alpha value is -2.64. The Kier molecular flexibility index (Phi) is 6.02. The molecule has 0 unspecified atom stereocenters. The number of nitrogens with zero attached hydrogens (tertiary/aromatic N) is 3. The third-order valence-electron chi connectivity index (χ3n) is 6.48. The number of likely N-dealkylation sites (N-methyl/N-ethyl adjacent to an activating group) is 1. The summed E-state index contributed by atoms with van der Waals surface area (Å²) in [6, 6.07) is 10.1. The summed E-state index contributed by atoms with van der Waals surface area (Å²) >= 11 is 1.53. The van der Waals surface area contributed by atoms with Gasteiger partial charge in [0.2, 0.25) is 6.79 Å². The van der Waals surface area contributed by atoms with Crippen LogP contribution in [0, 0.1) is 0 Å². The zero-order chi connectivity index (χ0) is 22.1. The van der Waals surface area contributed by atoms with Gasteiger partial charge in [0.15, 0.2) is 16.6 Å².